The smallest absolute Gasteiger partial charge is 0.139 e. The lowest BCUT2D eigenvalue weighted by Gasteiger charge is -2.28. The minimum absolute atomic E-state index is 0.222. The zero-order valence-corrected chi connectivity index (χ0v) is 10.2. The van der Waals surface area contributed by atoms with Gasteiger partial charge in [-0.05, 0) is 28.4 Å². The Hall–Kier alpha value is -0.770. The Morgan fingerprint density at radius 3 is 3.00 bits per heavy atom. The molecule has 82 valence electrons. The van der Waals surface area contributed by atoms with Gasteiger partial charge in [0.2, 0.25) is 0 Å². The molecule has 0 saturated carbocycles. The normalized spacial score (nSPS) is 19.0. The highest BCUT2D eigenvalue weighted by Crippen LogP contribution is 2.32. The molecule has 15 heavy (non-hydrogen) atoms. The van der Waals surface area contributed by atoms with Crippen molar-refractivity contribution in [2.45, 2.75) is 25.8 Å². The van der Waals surface area contributed by atoms with Crippen LogP contribution in [0.5, 0.6) is 0 Å². The minimum Gasteiger partial charge on any atom is -0.381 e. The summed E-state index contributed by atoms with van der Waals surface area (Å²) in [6.45, 7) is 3.05. The zero-order chi connectivity index (χ0) is 10.8. The van der Waals surface area contributed by atoms with Crippen LogP contribution in [0.25, 0.3) is 0 Å². The Kier molecular flexibility index (Phi) is 3.14. The van der Waals surface area contributed by atoms with Crippen molar-refractivity contribution >= 4 is 27.3 Å². The van der Waals surface area contributed by atoms with E-state index < -0.39 is 0 Å². The molecule has 0 spiro atoms. The molecular weight excluding hydrogens is 259 g/mol. The Labute approximate surface area is 97.4 Å². The number of benzene rings is 1. The van der Waals surface area contributed by atoms with Crippen LogP contribution in [0.4, 0.5) is 15.8 Å². The third-order valence-corrected chi connectivity index (χ3v) is 3.20. The highest BCUT2D eigenvalue weighted by atomic mass is 79.9. The van der Waals surface area contributed by atoms with Crippen LogP contribution >= 0.6 is 15.9 Å². The number of hydrogen-bond acceptors (Lipinski definition) is 2. The van der Waals surface area contributed by atoms with E-state index in [1.54, 1.807) is 6.07 Å². The van der Waals surface area contributed by atoms with E-state index in [0.29, 0.717) is 10.5 Å². The van der Waals surface area contributed by atoms with Gasteiger partial charge in [-0.2, -0.15) is 0 Å². The monoisotopic (exact) mass is 272 g/mol. The van der Waals surface area contributed by atoms with E-state index in [-0.39, 0.29) is 5.82 Å². The van der Waals surface area contributed by atoms with Gasteiger partial charge in [0.05, 0.1) is 15.8 Å². The molecule has 0 aromatic heterocycles. The van der Waals surface area contributed by atoms with E-state index in [2.05, 4.69) is 33.5 Å². The maximum Gasteiger partial charge on any atom is 0.139 e. The number of hydrogen-bond donors (Lipinski definition) is 2. The molecule has 1 aromatic carbocycles. The van der Waals surface area contributed by atoms with Gasteiger partial charge in [-0.25, -0.2) is 4.39 Å². The Morgan fingerprint density at radius 1 is 1.47 bits per heavy atom. The van der Waals surface area contributed by atoms with Crippen molar-refractivity contribution in [1.82, 2.24) is 0 Å². The summed E-state index contributed by atoms with van der Waals surface area (Å²) in [6, 6.07) is 3.72. The van der Waals surface area contributed by atoms with E-state index in [9.17, 15) is 4.39 Å². The van der Waals surface area contributed by atoms with Crippen LogP contribution in [0.15, 0.2) is 16.6 Å². The van der Waals surface area contributed by atoms with Gasteiger partial charge in [0.25, 0.3) is 0 Å². The van der Waals surface area contributed by atoms with E-state index in [4.69, 9.17) is 0 Å². The molecule has 0 aliphatic carbocycles. The second-order valence-electron chi connectivity index (χ2n) is 3.82. The molecule has 1 aliphatic rings. The first kappa shape index (κ1) is 10.7. The molecule has 1 atom stereocenters. The van der Waals surface area contributed by atoms with E-state index in [1.165, 1.54) is 6.07 Å². The van der Waals surface area contributed by atoms with Crippen LogP contribution in [0.1, 0.15) is 19.8 Å². The highest BCUT2D eigenvalue weighted by Gasteiger charge is 2.17. The third-order valence-electron chi connectivity index (χ3n) is 2.60. The second kappa shape index (κ2) is 4.39. The van der Waals surface area contributed by atoms with Gasteiger partial charge in [-0.15, -0.1) is 0 Å². The standard InChI is InChI=1S/C11H14BrFN2/c1-2-3-7-6-14-10-4-8(12)9(13)5-11(10)15-7/h4-5,7,14-15H,2-3,6H2,1H3. The first-order chi connectivity index (χ1) is 7.20. The summed E-state index contributed by atoms with van der Waals surface area (Å²) in [6.07, 6.45) is 2.23. The van der Waals surface area contributed by atoms with Crippen LogP contribution in [0.3, 0.4) is 0 Å². The Balaban J connectivity index is 2.22. The van der Waals surface area contributed by atoms with Gasteiger partial charge in [-0.1, -0.05) is 13.3 Å². The van der Waals surface area contributed by atoms with Gasteiger partial charge in [0, 0.05) is 18.7 Å². The number of fused-ring (bicyclic) bond motifs is 1. The molecule has 0 radical (unpaired) electrons. The molecule has 2 nitrogen and oxygen atoms in total. The summed E-state index contributed by atoms with van der Waals surface area (Å²) >= 11 is 3.18. The molecule has 1 aliphatic heterocycles. The van der Waals surface area contributed by atoms with Crippen LogP contribution in [-0.2, 0) is 0 Å². The van der Waals surface area contributed by atoms with Crippen molar-refractivity contribution in [3.05, 3.63) is 22.4 Å². The molecule has 1 unspecified atom stereocenters. The fraction of sp³-hybridized carbons (Fsp3) is 0.455. The summed E-state index contributed by atoms with van der Waals surface area (Å²) in [4.78, 5) is 0. The maximum absolute atomic E-state index is 13.3. The van der Waals surface area contributed by atoms with Crippen molar-refractivity contribution in [2.24, 2.45) is 0 Å². The third kappa shape index (κ3) is 2.25. The summed E-state index contributed by atoms with van der Waals surface area (Å²) in [7, 11) is 0. The predicted octanol–water partition coefficient (Wildman–Crippen LogP) is 3.59. The number of anilines is 2. The van der Waals surface area contributed by atoms with Crippen LogP contribution < -0.4 is 10.6 Å². The minimum atomic E-state index is -0.222. The Bertz CT molecular complexity index is 368. The molecule has 2 rings (SSSR count). The predicted molar refractivity (Wildman–Crippen MR) is 64.9 cm³/mol. The van der Waals surface area contributed by atoms with Crippen molar-refractivity contribution in [1.29, 1.82) is 0 Å². The molecule has 0 amide bonds. The summed E-state index contributed by atoms with van der Waals surface area (Å²) in [5.41, 5.74) is 1.83. The molecule has 0 saturated heterocycles. The molecule has 1 aromatic rings. The number of rotatable bonds is 2. The van der Waals surface area contributed by atoms with Crippen LogP contribution in [0, 0.1) is 5.82 Å². The van der Waals surface area contributed by atoms with Crippen molar-refractivity contribution in [2.75, 3.05) is 17.2 Å². The van der Waals surface area contributed by atoms with E-state index in [0.717, 1.165) is 30.8 Å². The van der Waals surface area contributed by atoms with Gasteiger partial charge in [0.15, 0.2) is 0 Å². The fourth-order valence-electron chi connectivity index (χ4n) is 1.84. The SMILES string of the molecule is CCCC1CNc2cc(Br)c(F)cc2N1. The zero-order valence-electron chi connectivity index (χ0n) is 8.61. The fourth-order valence-corrected chi connectivity index (χ4v) is 2.18. The molecule has 1 heterocycles. The highest BCUT2D eigenvalue weighted by molar-refractivity contribution is 9.10. The van der Waals surface area contributed by atoms with Crippen LogP contribution in [0.2, 0.25) is 0 Å². The lowest BCUT2D eigenvalue weighted by atomic mass is 10.1. The van der Waals surface area contributed by atoms with E-state index in [1.807, 2.05) is 0 Å². The van der Waals surface area contributed by atoms with Gasteiger partial charge in [-0.3, -0.25) is 0 Å². The van der Waals surface area contributed by atoms with Gasteiger partial charge < -0.3 is 10.6 Å². The lowest BCUT2D eigenvalue weighted by Crippen LogP contribution is -2.32. The maximum atomic E-state index is 13.3. The largest absolute Gasteiger partial charge is 0.381 e. The second-order valence-corrected chi connectivity index (χ2v) is 4.68. The molecule has 2 N–H and O–H groups in total. The summed E-state index contributed by atoms with van der Waals surface area (Å²) < 4.78 is 13.8. The topological polar surface area (TPSA) is 24.1 Å². The van der Waals surface area contributed by atoms with Crippen molar-refractivity contribution < 1.29 is 4.39 Å². The van der Waals surface area contributed by atoms with Crippen LogP contribution in [-0.4, -0.2) is 12.6 Å². The average molecular weight is 273 g/mol. The quantitative estimate of drug-likeness (QED) is 0.860. The summed E-state index contributed by atoms with van der Waals surface area (Å²) in [5.74, 6) is -0.222. The van der Waals surface area contributed by atoms with Gasteiger partial charge in [0.1, 0.15) is 5.82 Å². The average Bonchev–Trinajstić information content (AvgIpc) is 2.21. The number of nitrogens with one attached hydrogen (secondary N) is 2. The molecule has 4 heteroatoms. The number of halogens is 2. The first-order valence-corrected chi connectivity index (χ1v) is 5.99. The van der Waals surface area contributed by atoms with E-state index >= 15 is 0 Å². The van der Waals surface area contributed by atoms with Crippen molar-refractivity contribution in [3.8, 4) is 0 Å². The van der Waals surface area contributed by atoms with Gasteiger partial charge >= 0.3 is 0 Å². The summed E-state index contributed by atoms with van der Waals surface area (Å²) in [5, 5.41) is 6.65. The van der Waals surface area contributed by atoms with Crippen molar-refractivity contribution in [3.63, 3.8) is 0 Å². The molecule has 0 bridgehead atoms. The molecule has 0 fully saturated rings. The molecular formula is C11H14BrFN2. The lowest BCUT2D eigenvalue weighted by molar-refractivity contribution is 0.617. The Morgan fingerprint density at radius 2 is 2.27 bits per heavy atom. The first-order valence-electron chi connectivity index (χ1n) is 5.20.